The normalized spacial score (nSPS) is 9.22. The van der Waals surface area contributed by atoms with Crippen LogP contribution >= 0.6 is 0 Å². The molecule has 0 aliphatic heterocycles. The van der Waals surface area contributed by atoms with Gasteiger partial charge in [-0.15, -0.1) is 0 Å². The average molecular weight is 245 g/mol. The minimum atomic E-state index is -0.333. The second-order valence-corrected chi connectivity index (χ2v) is 3.49. The van der Waals surface area contributed by atoms with Crippen LogP contribution in [0.25, 0.3) is 0 Å². The zero-order valence-electron chi connectivity index (χ0n) is 10.2. The molecule has 0 amide bonds. The number of benzene rings is 1. The van der Waals surface area contributed by atoms with E-state index in [2.05, 4.69) is 11.8 Å². The highest BCUT2D eigenvalue weighted by Gasteiger charge is 2.01. The van der Waals surface area contributed by atoms with Gasteiger partial charge in [0.15, 0.2) is 5.78 Å². The lowest BCUT2D eigenvalue weighted by Gasteiger charge is -1.97. The lowest BCUT2D eigenvalue weighted by atomic mass is 10.1. The number of hydrogen-bond donors (Lipinski definition) is 1. The summed E-state index contributed by atoms with van der Waals surface area (Å²) in [6.07, 6.45) is 0.0668. The topological polar surface area (TPSA) is 69.4 Å². The van der Waals surface area contributed by atoms with Crippen LogP contribution in [-0.2, 0) is 9.53 Å². The van der Waals surface area contributed by atoms with Crippen molar-refractivity contribution < 1.29 is 14.3 Å². The van der Waals surface area contributed by atoms with Gasteiger partial charge in [-0.05, 0) is 19.1 Å². The van der Waals surface area contributed by atoms with Gasteiger partial charge >= 0.3 is 5.97 Å². The standard InChI is InChI=1S/C14H15NO3/c1-2-18-14(17)5-3-4-11-6-8-12(9-7-11)13(16)10-15/h6-9H,2,5,10,15H2,1H3. The number of nitrogens with two attached hydrogens (primary N) is 1. The minimum absolute atomic E-state index is 0.00607. The summed E-state index contributed by atoms with van der Waals surface area (Å²) >= 11 is 0. The summed E-state index contributed by atoms with van der Waals surface area (Å²) in [6, 6.07) is 6.79. The van der Waals surface area contributed by atoms with Crippen LogP contribution in [0.15, 0.2) is 24.3 Å². The van der Waals surface area contributed by atoms with E-state index in [-0.39, 0.29) is 24.7 Å². The number of carbonyl (C=O) groups is 2. The highest BCUT2D eigenvalue weighted by atomic mass is 16.5. The molecule has 0 aliphatic rings. The smallest absolute Gasteiger partial charge is 0.317 e. The van der Waals surface area contributed by atoms with Gasteiger partial charge in [-0.1, -0.05) is 24.0 Å². The van der Waals surface area contributed by atoms with Crippen LogP contribution in [0, 0.1) is 11.8 Å². The molecule has 4 nitrogen and oxygen atoms in total. The zero-order chi connectivity index (χ0) is 13.4. The highest BCUT2D eigenvalue weighted by molar-refractivity contribution is 5.97. The first-order valence-electron chi connectivity index (χ1n) is 5.65. The monoisotopic (exact) mass is 245 g/mol. The molecule has 0 aromatic heterocycles. The van der Waals surface area contributed by atoms with E-state index in [1.54, 1.807) is 31.2 Å². The molecule has 0 fully saturated rings. The molecular formula is C14H15NO3. The number of carbonyl (C=O) groups excluding carboxylic acids is 2. The van der Waals surface area contributed by atoms with Gasteiger partial charge in [-0.2, -0.15) is 0 Å². The molecule has 0 unspecified atom stereocenters. The predicted octanol–water partition coefficient (Wildman–Crippen LogP) is 1.13. The predicted molar refractivity (Wildman–Crippen MR) is 68.0 cm³/mol. The van der Waals surface area contributed by atoms with Crippen molar-refractivity contribution in [1.82, 2.24) is 0 Å². The molecule has 0 saturated heterocycles. The van der Waals surface area contributed by atoms with Crippen molar-refractivity contribution in [1.29, 1.82) is 0 Å². The summed E-state index contributed by atoms with van der Waals surface area (Å²) in [7, 11) is 0. The Kier molecular flexibility index (Phi) is 5.62. The third-order valence-electron chi connectivity index (χ3n) is 2.16. The van der Waals surface area contributed by atoms with Gasteiger partial charge in [0.1, 0.15) is 6.42 Å². The zero-order valence-corrected chi connectivity index (χ0v) is 10.2. The molecule has 0 bridgehead atoms. The van der Waals surface area contributed by atoms with E-state index in [0.717, 1.165) is 5.56 Å². The molecule has 0 radical (unpaired) electrons. The van der Waals surface area contributed by atoms with Crippen LogP contribution in [0.2, 0.25) is 0 Å². The van der Waals surface area contributed by atoms with E-state index in [1.165, 1.54) is 0 Å². The fourth-order valence-electron chi connectivity index (χ4n) is 1.29. The van der Waals surface area contributed by atoms with Crippen LogP contribution in [0.4, 0.5) is 0 Å². The van der Waals surface area contributed by atoms with Crippen molar-refractivity contribution in [3.05, 3.63) is 35.4 Å². The summed E-state index contributed by atoms with van der Waals surface area (Å²) in [5.74, 6) is 5.10. The number of esters is 1. The van der Waals surface area contributed by atoms with E-state index < -0.39 is 0 Å². The Balaban J connectivity index is 2.61. The molecule has 0 heterocycles. The minimum Gasteiger partial charge on any atom is -0.465 e. The first-order valence-corrected chi connectivity index (χ1v) is 5.65. The fourth-order valence-corrected chi connectivity index (χ4v) is 1.29. The summed E-state index contributed by atoms with van der Waals surface area (Å²) in [5, 5.41) is 0. The first kappa shape index (κ1) is 13.9. The van der Waals surface area contributed by atoms with Gasteiger partial charge in [-0.3, -0.25) is 9.59 Å². The number of rotatable bonds is 4. The molecule has 4 heteroatoms. The van der Waals surface area contributed by atoms with Crippen LogP contribution in [0.3, 0.4) is 0 Å². The summed E-state index contributed by atoms with van der Waals surface area (Å²) in [6.45, 7) is 2.10. The summed E-state index contributed by atoms with van der Waals surface area (Å²) in [4.78, 5) is 22.3. The Labute approximate surface area is 106 Å². The van der Waals surface area contributed by atoms with Crippen molar-refractivity contribution in [2.45, 2.75) is 13.3 Å². The Hall–Kier alpha value is -2.12. The van der Waals surface area contributed by atoms with Crippen molar-refractivity contribution in [2.24, 2.45) is 5.73 Å². The van der Waals surface area contributed by atoms with E-state index in [9.17, 15) is 9.59 Å². The molecule has 0 spiro atoms. The van der Waals surface area contributed by atoms with Crippen LogP contribution in [0.1, 0.15) is 29.3 Å². The average Bonchev–Trinajstić information content (AvgIpc) is 2.39. The van der Waals surface area contributed by atoms with Gasteiger partial charge in [-0.25, -0.2) is 0 Å². The maximum Gasteiger partial charge on any atom is 0.317 e. The third-order valence-corrected chi connectivity index (χ3v) is 2.16. The number of hydrogen-bond acceptors (Lipinski definition) is 4. The molecule has 1 aromatic carbocycles. The van der Waals surface area contributed by atoms with Crippen LogP contribution in [-0.4, -0.2) is 24.9 Å². The first-order chi connectivity index (χ1) is 8.67. The lowest BCUT2D eigenvalue weighted by Crippen LogP contribution is -2.13. The number of ether oxygens (including phenoxy) is 1. The molecular weight excluding hydrogens is 230 g/mol. The lowest BCUT2D eigenvalue weighted by molar-refractivity contribution is -0.141. The second-order valence-electron chi connectivity index (χ2n) is 3.49. The quantitative estimate of drug-likeness (QED) is 0.490. The van der Waals surface area contributed by atoms with Gasteiger partial charge in [0, 0.05) is 11.1 Å². The Morgan fingerprint density at radius 1 is 1.28 bits per heavy atom. The van der Waals surface area contributed by atoms with E-state index in [0.29, 0.717) is 12.2 Å². The molecule has 2 N–H and O–H groups in total. The van der Waals surface area contributed by atoms with E-state index in [1.807, 2.05) is 0 Å². The fraction of sp³-hybridized carbons (Fsp3) is 0.286. The Morgan fingerprint density at radius 3 is 2.50 bits per heavy atom. The van der Waals surface area contributed by atoms with Gasteiger partial charge in [0.05, 0.1) is 13.2 Å². The molecule has 94 valence electrons. The molecule has 0 aliphatic carbocycles. The second kappa shape index (κ2) is 7.25. The molecule has 1 rings (SSSR count). The molecule has 1 aromatic rings. The summed E-state index contributed by atoms with van der Waals surface area (Å²) in [5.41, 5.74) is 6.56. The molecule has 18 heavy (non-hydrogen) atoms. The maximum absolute atomic E-state index is 11.3. The van der Waals surface area contributed by atoms with Gasteiger partial charge in [0.2, 0.25) is 0 Å². The van der Waals surface area contributed by atoms with E-state index in [4.69, 9.17) is 10.5 Å². The third kappa shape index (κ3) is 4.40. The van der Waals surface area contributed by atoms with Gasteiger partial charge in [0.25, 0.3) is 0 Å². The SMILES string of the molecule is CCOC(=O)CC#Cc1ccc(C(=O)CN)cc1. The maximum atomic E-state index is 11.3. The van der Waals surface area contributed by atoms with Crippen molar-refractivity contribution >= 4 is 11.8 Å². The molecule has 0 saturated carbocycles. The van der Waals surface area contributed by atoms with Crippen molar-refractivity contribution in [3.63, 3.8) is 0 Å². The van der Waals surface area contributed by atoms with E-state index >= 15 is 0 Å². The summed E-state index contributed by atoms with van der Waals surface area (Å²) < 4.78 is 4.74. The van der Waals surface area contributed by atoms with Gasteiger partial charge < -0.3 is 10.5 Å². The highest BCUT2D eigenvalue weighted by Crippen LogP contribution is 2.03. The Morgan fingerprint density at radius 2 is 1.94 bits per heavy atom. The number of Topliss-reactive ketones (excluding diaryl/α,β-unsaturated/α-hetero) is 1. The largest absolute Gasteiger partial charge is 0.465 e. The molecule has 0 atom stereocenters. The Bertz CT molecular complexity index is 480. The van der Waals surface area contributed by atoms with Crippen molar-refractivity contribution in [3.8, 4) is 11.8 Å². The number of ketones is 1. The van der Waals surface area contributed by atoms with Crippen LogP contribution < -0.4 is 5.73 Å². The van der Waals surface area contributed by atoms with Crippen molar-refractivity contribution in [2.75, 3.05) is 13.2 Å². The van der Waals surface area contributed by atoms with Crippen LogP contribution in [0.5, 0.6) is 0 Å².